The minimum Gasteiger partial charge on any atom is -0.389 e. The van der Waals surface area contributed by atoms with Crippen LogP contribution in [0.3, 0.4) is 0 Å². The Morgan fingerprint density at radius 1 is 1.17 bits per heavy atom. The molecule has 2 aliphatic carbocycles. The Bertz CT molecular complexity index is 268. The van der Waals surface area contributed by atoms with E-state index in [1.165, 1.54) is 25.7 Å². The number of aliphatic hydroxyl groups excluding tert-OH is 1. The van der Waals surface area contributed by atoms with E-state index in [-0.39, 0.29) is 6.10 Å². The van der Waals surface area contributed by atoms with Crippen molar-refractivity contribution in [2.24, 2.45) is 10.8 Å². The molecule has 0 aliphatic heterocycles. The highest BCUT2D eigenvalue weighted by Crippen LogP contribution is 2.62. The minimum atomic E-state index is -0.377. The summed E-state index contributed by atoms with van der Waals surface area (Å²) in [6.07, 6.45) is 4.92. The summed E-state index contributed by atoms with van der Waals surface area (Å²) in [4.78, 5) is 0. The third-order valence-corrected chi connectivity index (χ3v) is 5.40. The van der Waals surface area contributed by atoms with Gasteiger partial charge in [0.1, 0.15) is 0 Å². The molecule has 18 heavy (non-hydrogen) atoms. The standard InChI is InChI=1S/C15H29NO2/c1-14(2)13(15(14,3)4)16-9-11(17)10-18-12-7-5-6-8-12/h11-13,16-17H,5-10H2,1-4H3. The zero-order valence-corrected chi connectivity index (χ0v) is 12.3. The molecule has 2 fully saturated rings. The molecule has 106 valence electrons. The second-order valence-corrected chi connectivity index (χ2v) is 7.18. The molecule has 0 bridgehead atoms. The Kier molecular flexibility index (Phi) is 4.05. The maximum Gasteiger partial charge on any atom is 0.0897 e. The number of hydrogen-bond acceptors (Lipinski definition) is 3. The van der Waals surface area contributed by atoms with E-state index in [1.54, 1.807) is 0 Å². The number of hydrogen-bond donors (Lipinski definition) is 2. The van der Waals surface area contributed by atoms with Crippen LogP contribution in [0.25, 0.3) is 0 Å². The van der Waals surface area contributed by atoms with Crippen LogP contribution >= 0.6 is 0 Å². The highest BCUT2D eigenvalue weighted by Gasteiger charge is 2.64. The Balaban J connectivity index is 1.62. The van der Waals surface area contributed by atoms with Gasteiger partial charge in [-0.05, 0) is 23.7 Å². The molecule has 2 N–H and O–H groups in total. The number of aliphatic hydroxyl groups is 1. The van der Waals surface area contributed by atoms with Crippen molar-refractivity contribution in [3.8, 4) is 0 Å². The Morgan fingerprint density at radius 2 is 1.72 bits per heavy atom. The van der Waals surface area contributed by atoms with Crippen LogP contribution in [0.2, 0.25) is 0 Å². The van der Waals surface area contributed by atoms with Gasteiger partial charge in [0.05, 0.1) is 18.8 Å². The third-order valence-electron chi connectivity index (χ3n) is 5.40. The molecule has 0 heterocycles. The number of nitrogens with one attached hydrogen (secondary N) is 1. The van der Waals surface area contributed by atoms with Crippen LogP contribution in [0.15, 0.2) is 0 Å². The monoisotopic (exact) mass is 255 g/mol. The van der Waals surface area contributed by atoms with Crippen LogP contribution < -0.4 is 5.32 Å². The first-order valence-electron chi connectivity index (χ1n) is 7.39. The largest absolute Gasteiger partial charge is 0.389 e. The van der Waals surface area contributed by atoms with Crippen LogP contribution in [0.5, 0.6) is 0 Å². The van der Waals surface area contributed by atoms with Crippen molar-refractivity contribution in [3.63, 3.8) is 0 Å². The van der Waals surface area contributed by atoms with E-state index in [0.717, 1.165) is 0 Å². The second-order valence-electron chi connectivity index (χ2n) is 7.18. The fourth-order valence-corrected chi connectivity index (χ4v) is 3.32. The predicted octanol–water partition coefficient (Wildman–Crippen LogP) is 2.33. The van der Waals surface area contributed by atoms with Crippen molar-refractivity contribution < 1.29 is 9.84 Å². The lowest BCUT2D eigenvalue weighted by Gasteiger charge is -2.16. The van der Waals surface area contributed by atoms with E-state index >= 15 is 0 Å². The van der Waals surface area contributed by atoms with E-state index < -0.39 is 0 Å². The molecule has 0 aromatic rings. The molecule has 0 saturated heterocycles. The first-order chi connectivity index (χ1) is 8.35. The summed E-state index contributed by atoms with van der Waals surface area (Å²) in [6.45, 7) is 10.3. The van der Waals surface area contributed by atoms with Crippen LogP contribution in [-0.4, -0.2) is 36.5 Å². The fourth-order valence-electron chi connectivity index (χ4n) is 3.32. The average Bonchev–Trinajstić information content (AvgIpc) is 2.71. The molecule has 3 heteroatoms. The Morgan fingerprint density at radius 3 is 2.22 bits per heavy atom. The van der Waals surface area contributed by atoms with Crippen LogP contribution in [0, 0.1) is 10.8 Å². The van der Waals surface area contributed by atoms with Gasteiger partial charge >= 0.3 is 0 Å². The Hall–Kier alpha value is -0.120. The Labute approximate surface area is 111 Å². The van der Waals surface area contributed by atoms with Crippen LogP contribution in [-0.2, 0) is 4.74 Å². The topological polar surface area (TPSA) is 41.5 Å². The lowest BCUT2D eigenvalue weighted by molar-refractivity contribution is -0.00584. The summed E-state index contributed by atoms with van der Waals surface area (Å²) in [5, 5.41) is 13.4. The van der Waals surface area contributed by atoms with Gasteiger partial charge in [0.15, 0.2) is 0 Å². The molecular weight excluding hydrogens is 226 g/mol. The van der Waals surface area contributed by atoms with Gasteiger partial charge in [0.2, 0.25) is 0 Å². The van der Waals surface area contributed by atoms with E-state index in [9.17, 15) is 5.11 Å². The number of ether oxygens (including phenoxy) is 1. The van der Waals surface area contributed by atoms with Gasteiger partial charge in [0.25, 0.3) is 0 Å². The summed E-state index contributed by atoms with van der Waals surface area (Å²) < 4.78 is 5.73. The van der Waals surface area contributed by atoms with Crippen molar-refractivity contribution in [1.82, 2.24) is 5.32 Å². The van der Waals surface area contributed by atoms with Gasteiger partial charge < -0.3 is 15.2 Å². The molecule has 0 spiro atoms. The normalized spacial score (nSPS) is 28.5. The van der Waals surface area contributed by atoms with Gasteiger partial charge in [-0.25, -0.2) is 0 Å². The van der Waals surface area contributed by atoms with Gasteiger partial charge in [-0.15, -0.1) is 0 Å². The molecule has 0 radical (unpaired) electrons. The molecule has 0 aromatic heterocycles. The van der Waals surface area contributed by atoms with Gasteiger partial charge in [-0.2, -0.15) is 0 Å². The highest BCUT2D eigenvalue weighted by atomic mass is 16.5. The molecule has 0 amide bonds. The fraction of sp³-hybridized carbons (Fsp3) is 1.00. The zero-order valence-electron chi connectivity index (χ0n) is 12.3. The average molecular weight is 255 g/mol. The second kappa shape index (κ2) is 5.10. The molecule has 0 aromatic carbocycles. The lowest BCUT2D eigenvalue weighted by atomic mass is 10.0. The van der Waals surface area contributed by atoms with E-state index in [4.69, 9.17) is 4.74 Å². The first-order valence-corrected chi connectivity index (χ1v) is 7.39. The highest BCUT2D eigenvalue weighted by molar-refractivity contribution is 5.17. The van der Waals surface area contributed by atoms with Crippen molar-refractivity contribution >= 4 is 0 Å². The van der Waals surface area contributed by atoms with Crippen LogP contribution in [0.4, 0.5) is 0 Å². The number of rotatable bonds is 6. The lowest BCUT2D eigenvalue weighted by Crippen LogP contribution is -2.35. The van der Waals surface area contributed by atoms with Crippen molar-refractivity contribution in [2.45, 2.75) is 71.6 Å². The SMILES string of the molecule is CC1(C)C(NCC(O)COC2CCCC2)C1(C)C. The van der Waals surface area contributed by atoms with Crippen LogP contribution in [0.1, 0.15) is 53.4 Å². The van der Waals surface area contributed by atoms with E-state index in [1.807, 2.05) is 0 Å². The van der Waals surface area contributed by atoms with Gasteiger partial charge in [-0.1, -0.05) is 40.5 Å². The van der Waals surface area contributed by atoms with E-state index in [2.05, 4.69) is 33.0 Å². The molecule has 2 rings (SSSR count). The summed E-state index contributed by atoms with van der Waals surface area (Å²) in [5.74, 6) is 0. The third kappa shape index (κ3) is 2.73. The maximum absolute atomic E-state index is 9.94. The molecule has 2 saturated carbocycles. The van der Waals surface area contributed by atoms with Gasteiger partial charge in [0, 0.05) is 12.6 Å². The van der Waals surface area contributed by atoms with Crippen molar-refractivity contribution in [1.29, 1.82) is 0 Å². The summed E-state index contributed by atoms with van der Waals surface area (Å²) >= 11 is 0. The quantitative estimate of drug-likeness (QED) is 0.765. The molecule has 1 atom stereocenters. The molecule has 2 aliphatic rings. The first kappa shape index (κ1) is 14.3. The van der Waals surface area contributed by atoms with Crippen molar-refractivity contribution in [2.75, 3.05) is 13.2 Å². The summed E-state index contributed by atoms with van der Waals surface area (Å²) in [6, 6.07) is 0.506. The minimum absolute atomic E-state index is 0.332. The zero-order chi connectivity index (χ0) is 13.4. The maximum atomic E-state index is 9.94. The summed E-state index contributed by atoms with van der Waals surface area (Å²) in [5.41, 5.74) is 0.665. The predicted molar refractivity (Wildman–Crippen MR) is 73.6 cm³/mol. The molecular formula is C15H29NO2. The van der Waals surface area contributed by atoms with E-state index in [0.29, 0.717) is 36.1 Å². The van der Waals surface area contributed by atoms with Gasteiger partial charge in [-0.3, -0.25) is 0 Å². The van der Waals surface area contributed by atoms with Crippen molar-refractivity contribution in [3.05, 3.63) is 0 Å². The summed E-state index contributed by atoms with van der Waals surface area (Å²) in [7, 11) is 0. The molecule has 3 nitrogen and oxygen atoms in total. The molecule has 1 unspecified atom stereocenters. The smallest absolute Gasteiger partial charge is 0.0897 e.